The molecule has 2 fully saturated rings. The van der Waals surface area contributed by atoms with Crippen molar-refractivity contribution in [1.82, 2.24) is 20.0 Å². The monoisotopic (exact) mass is 324 g/mol. The number of nitrogens with one attached hydrogen (secondary N) is 1. The predicted molar refractivity (Wildman–Crippen MR) is 92.4 cm³/mol. The van der Waals surface area contributed by atoms with Gasteiger partial charge in [-0.05, 0) is 18.4 Å². The molecule has 1 spiro atoms. The second kappa shape index (κ2) is 6.06. The Balaban J connectivity index is 1.47. The topological polar surface area (TPSA) is 50.2 Å². The molecule has 0 radical (unpaired) electrons. The van der Waals surface area contributed by atoms with Gasteiger partial charge in [0, 0.05) is 56.3 Å². The Hall–Kier alpha value is -2.14. The number of benzene rings is 1. The Morgan fingerprint density at radius 2 is 2.00 bits per heavy atom. The number of aromatic nitrogens is 2. The van der Waals surface area contributed by atoms with Gasteiger partial charge >= 0.3 is 0 Å². The van der Waals surface area contributed by atoms with Gasteiger partial charge in [0.1, 0.15) is 0 Å². The van der Waals surface area contributed by atoms with Crippen LogP contribution in [0.1, 0.15) is 36.3 Å². The molecule has 1 aromatic heterocycles. The molecule has 2 aliphatic heterocycles. The highest BCUT2D eigenvalue weighted by Gasteiger charge is 2.48. The predicted octanol–water partition coefficient (Wildman–Crippen LogP) is 2.06. The van der Waals surface area contributed by atoms with Gasteiger partial charge in [0.15, 0.2) is 0 Å². The van der Waals surface area contributed by atoms with Crippen LogP contribution in [0.25, 0.3) is 0 Å². The van der Waals surface area contributed by atoms with Gasteiger partial charge in [0.2, 0.25) is 5.91 Å². The summed E-state index contributed by atoms with van der Waals surface area (Å²) in [7, 11) is 1.95. The quantitative estimate of drug-likeness (QED) is 0.940. The molecule has 0 saturated carbocycles. The lowest BCUT2D eigenvalue weighted by molar-refractivity contribution is -0.120. The zero-order valence-corrected chi connectivity index (χ0v) is 14.1. The molecule has 1 amide bonds. The summed E-state index contributed by atoms with van der Waals surface area (Å²) in [6, 6.07) is 10.5. The van der Waals surface area contributed by atoms with Gasteiger partial charge in [-0.1, -0.05) is 30.3 Å². The molecular weight excluding hydrogens is 300 g/mol. The first kappa shape index (κ1) is 15.4. The highest BCUT2D eigenvalue weighted by atomic mass is 16.2. The van der Waals surface area contributed by atoms with Crippen LogP contribution < -0.4 is 5.32 Å². The van der Waals surface area contributed by atoms with E-state index in [4.69, 9.17) is 0 Å². The van der Waals surface area contributed by atoms with Crippen LogP contribution in [0.4, 0.5) is 0 Å². The van der Waals surface area contributed by atoms with Crippen LogP contribution in [0, 0.1) is 0 Å². The summed E-state index contributed by atoms with van der Waals surface area (Å²) in [5, 5.41) is 7.57. The van der Waals surface area contributed by atoms with Crippen molar-refractivity contribution in [3.05, 3.63) is 53.9 Å². The zero-order chi connectivity index (χ0) is 16.6. The minimum Gasteiger partial charge on any atom is -0.350 e. The molecule has 1 atom stereocenters. The van der Waals surface area contributed by atoms with Crippen LogP contribution in [-0.2, 0) is 18.4 Å². The van der Waals surface area contributed by atoms with Crippen molar-refractivity contribution < 1.29 is 4.79 Å². The van der Waals surface area contributed by atoms with Gasteiger partial charge in [0.25, 0.3) is 0 Å². The van der Waals surface area contributed by atoms with Crippen LogP contribution in [0.15, 0.2) is 42.7 Å². The molecule has 1 aromatic carbocycles. The molecular formula is C19H24N4O. The average molecular weight is 324 g/mol. The molecule has 3 heterocycles. The minimum absolute atomic E-state index is 0.0656. The molecule has 0 unspecified atom stereocenters. The largest absolute Gasteiger partial charge is 0.350 e. The van der Waals surface area contributed by atoms with Crippen molar-refractivity contribution in [3.8, 4) is 0 Å². The van der Waals surface area contributed by atoms with Gasteiger partial charge in [-0.3, -0.25) is 14.4 Å². The van der Waals surface area contributed by atoms with Crippen molar-refractivity contribution in [3.63, 3.8) is 0 Å². The summed E-state index contributed by atoms with van der Waals surface area (Å²) in [6.07, 6.45) is 6.66. The van der Waals surface area contributed by atoms with E-state index in [1.54, 1.807) is 0 Å². The number of aryl methyl sites for hydroxylation is 1. The lowest BCUT2D eigenvalue weighted by Gasteiger charge is -2.43. The van der Waals surface area contributed by atoms with Crippen LogP contribution in [-0.4, -0.2) is 39.2 Å². The Labute approximate surface area is 142 Å². The first-order valence-corrected chi connectivity index (χ1v) is 8.70. The molecule has 126 valence electrons. The van der Waals surface area contributed by atoms with E-state index in [2.05, 4.69) is 45.8 Å². The number of carbonyl (C=O) groups excluding carboxylic acids is 1. The second-order valence-electron chi connectivity index (χ2n) is 7.17. The molecule has 0 bridgehead atoms. The van der Waals surface area contributed by atoms with Crippen LogP contribution in [0.3, 0.4) is 0 Å². The standard InChI is InChI=1S/C19H24N4O/c1-22-13-15(12-20-22)14-23-9-7-19(8-10-23)17(11-18(24)21-19)16-5-3-2-4-6-16/h2-6,12-13,17H,7-11,14H2,1H3,(H,21,24)/t17-/m1/s1. The maximum atomic E-state index is 12.1. The van der Waals surface area contributed by atoms with Crippen molar-refractivity contribution in [1.29, 1.82) is 0 Å². The Morgan fingerprint density at radius 3 is 2.67 bits per heavy atom. The van der Waals surface area contributed by atoms with E-state index in [0.29, 0.717) is 12.3 Å². The maximum Gasteiger partial charge on any atom is 0.221 e. The number of likely N-dealkylation sites (tertiary alicyclic amines) is 1. The zero-order valence-electron chi connectivity index (χ0n) is 14.1. The van der Waals surface area contributed by atoms with E-state index in [1.165, 1.54) is 11.1 Å². The second-order valence-corrected chi connectivity index (χ2v) is 7.17. The highest BCUT2D eigenvalue weighted by molar-refractivity contribution is 5.81. The molecule has 5 heteroatoms. The van der Waals surface area contributed by atoms with Gasteiger partial charge < -0.3 is 5.32 Å². The Bertz CT molecular complexity index is 716. The molecule has 5 nitrogen and oxygen atoms in total. The summed E-state index contributed by atoms with van der Waals surface area (Å²) in [5.74, 6) is 0.497. The Morgan fingerprint density at radius 1 is 1.25 bits per heavy atom. The van der Waals surface area contributed by atoms with Crippen molar-refractivity contribution in [2.45, 2.75) is 37.3 Å². The highest BCUT2D eigenvalue weighted by Crippen LogP contribution is 2.43. The normalized spacial score (nSPS) is 23.5. The lowest BCUT2D eigenvalue weighted by atomic mass is 9.74. The fourth-order valence-electron chi connectivity index (χ4n) is 4.31. The minimum atomic E-state index is -0.0656. The molecule has 2 aliphatic rings. The number of amides is 1. The third-order valence-electron chi connectivity index (χ3n) is 5.56. The smallest absolute Gasteiger partial charge is 0.221 e. The number of rotatable bonds is 3. The van der Waals surface area contributed by atoms with Crippen LogP contribution in [0.2, 0.25) is 0 Å². The summed E-state index contributed by atoms with van der Waals surface area (Å²) in [6.45, 7) is 2.96. The molecule has 24 heavy (non-hydrogen) atoms. The molecule has 2 aromatic rings. The Kier molecular flexibility index (Phi) is 3.88. The number of carbonyl (C=O) groups is 1. The third-order valence-corrected chi connectivity index (χ3v) is 5.56. The lowest BCUT2D eigenvalue weighted by Crippen LogP contribution is -2.53. The fraction of sp³-hybridized carbons (Fsp3) is 0.474. The van der Waals surface area contributed by atoms with Gasteiger partial charge in [0.05, 0.1) is 6.20 Å². The van der Waals surface area contributed by atoms with E-state index >= 15 is 0 Å². The molecule has 1 N–H and O–H groups in total. The van der Waals surface area contributed by atoms with E-state index in [0.717, 1.165) is 32.5 Å². The maximum absolute atomic E-state index is 12.1. The van der Waals surface area contributed by atoms with E-state index in [9.17, 15) is 4.79 Å². The summed E-state index contributed by atoms with van der Waals surface area (Å²) < 4.78 is 1.85. The SMILES string of the molecule is Cn1cc(CN2CCC3(CC2)NC(=O)C[C@@H]3c2ccccc2)cn1. The van der Waals surface area contributed by atoms with Crippen LogP contribution >= 0.6 is 0 Å². The van der Waals surface area contributed by atoms with Crippen LogP contribution in [0.5, 0.6) is 0 Å². The fourth-order valence-corrected chi connectivity index (χ4v) is 4.31. The van der Waals surface area contributed by atoms with Gasteiger partial charge in [-0.25, -0.2) is 0 Å². The third kappa shape index (κ3) is 2.84. The van der Waals surface area contributed by atoms with Gasteiger partial charge in [-0.2, -0.15) is 5.10 Å². The first-order chi connectivity index (χ1) is 11.6. The number of piperidine rings is 1. The number of hydrogen-bond donors (Lipinski definition) is 1. The summed E-state index contributed by atoms with van der Waals surface area (Å²) in [4.78, 5) is 14.6. The van der Waals surface area contributed by atoms with E-state index in [-0.39, 0.29) is 11.4 Å². The van der Waals surface area contributed by atoms with Crippen molar-refractivity contribution >= 4 is 5.91 Å². The number of nitrogens with zero attached hydrogens (tertiary/aromatic N) is 3. The number of hydrogen-bond acceptors (Lipinski definition) is 3. The van der Waals surface area contributed by atoms with E-state index in [1.807, 2.05) is 24.0 Å². The summed E-state index contributed by atoms with van der Waals surface area (Å²) in [5.41, 5.74) is 2.48. The van der Waals surface area contributed by atoms with Crippen molar-refractivity contribution in [2.24, 2.45) is 7.05 Å². The molecule has 4 rings (SSSR count). The van der Waals surface area contributed by atoms with E-state index < -0.39 is 0 Å². The summed E-state index contributed by atoms with van der Waals surface area (Å²) >= 11 is 0. The van der Waals surface area contributed by atoms with Gasteiger partial charge in [-0.15, -0.1) is 0 Å². The van der Waals surface area contributed by atoms with Crippen molar-refractivity contribution in [2.75, 3.05) is 13.1 Å². The average Bonchev–Trinajstić information content (AvgIpc) is 3.14. The first-order valence-electron chi connectivity index (χ1n) is 8.70. The molecule has 0 aliphatic carbocycles. The molecule has 2 saturated heterocycles.